The van der Waals surface area contributed by atoms with Crippen LogP contribution in [-0.2, 0) is 9.59 Å². The van der Waals surface area contributed by atoms with Gasteiger partial charge in [-0.1, -0.05) is 6.92 Å². The molecule has 3 saturated heterocycles. The number of piperazine rings is 1. The Morgan fingerprint density at radius 3 is 2.95 bits per heavy atom. The third kappa shape index (κ3) is 2.48. The summed E-state index contributed by atoms with van der Waals surface area (Å²) in [5.41, 5.74) is 0. The van der Waals surface area contributed by atoms with E-state index in [1.807, 2.05) is 9.80 Å². The topological polar surface area (TPSA) is 52.7 Å². The van der Waals surface area contributed by atoms with Crippen molar-refractivity contribution in [2.24, 2.45) is 11.8 Å². The van der Waals surface area contributed by atoms with Crippen molar-refractivity contribution in [2.75, 3.05) is 32.7 Å². The Balaban J connectivity index is 1.60. The van der Waals surface area contributed by atoms with Gasteiger partial charge in [0.05, 0.1) is 5.92 Å². The van der Waals surface area contributed by atoms with Gasteiger partial charge in [-0.15, -0.1) is 0 Å². The van der Waals surface area contributed by atoms with E-state index in [-0.39, 0.29) is 23.8 Å². The van der Waals surface area contributed by atoms with E-state index in [0.717, 1.165) is 39.0 Å². The maximum Gasteiger partial charge on any atom is 0.227 e. The van der Waals surface area contributed by atoms with Gasteiger partial charge in [-0.3, -0.25) is 9.59 Å². The fraction of sp³-hybridized carbons (Fsp3) is 0.857. The molecular weight excluding hydrogens is 242 g/mol. The number of carbonyl (C=O) groups excluding carboxylic acids is 2. The third-order valence-electron chi connectivity index (χ3n) is 4.73. The normalized spacial score (nSPS) is 35.4. The van der Waals surface area contributed by atoms with Crippen LogP contribution in [0.25, 0.3) is 0 Å². The van der Waals surface area contributed by atoms with E-state index in [1.165, 1.54) is 0 Å². The lowest BCUT2D eigenvalue weighted by molar-refractivity contribution is -0.142. The molecule has 0 aromatic carbocycles. The Morgan fingerprint density at radius 2 is 2.16 bits per heavy atom. The van der Waals surface area contributed by atoms with Gasteiger partial charge < -0.3 is 15.1 Å². The molecule has 0 bridgehead atoms. The first-order chi connectivity index (χ1) is 9.15. The summed E-state index contributed by atoms with van der Waals surface area (Å²) in [4.78, 5) is 28.1. The van der Waals surface area contributed by atoms with E-state index in [0.29, 0.717) is 18.9 Å². The predicted octanol–water partition coefficient (Wildman–Crippen LogP) is 0.0652. The first-order valence-corrected chi connectivity index (χ1v) is 7.44. The highest BCUT2D eigenvalue weighted by molar-refractivity contribution is 5.81. The van der Waals surface area contributed by atoms with Crippen molar-refractivity contribution in [2.45, 2.75) is 32.2 Å². The number of nitrogens with one attached hydrogen (secondary N) is 1. The highest BCUT2D eigenvalue weighted by atomic mass is 16.2. The van der Waals surface area contributed by atoms with E-state index in [9.17, 15) is 9.59 Å². The molecule has 5 heteroatoms. The molecule has 3 unspecified atom stereocenters. The second-order valence-corrected chi connectivity index (χ2v) is 6.26. The zero-order valence-electron chi connectivity index (χ0n) is 11.6. The van der Waals surface area contributed by atoms with Gasteiger partial charge in [0.1, 0.15) is 0 Å². The number of hydrogen-bond donors (Lipinski definition) is 1. The van der Waals surface area contributed by atoms with Crippen molar-refractivity contribution in [3.05, 3.63) is 0 Å². The summed E-state index contributed by atoms with van der Waals surface area (Å²) in [6.07, 6.45) is 2.58. The molecule has 106 valence electrons. The number of carbonyl (C=O) groups is 2. The maximum atomic E-state index is 12.6. The van der Waals surface area contributed by atoms with Crippen molar-refractivity contribution in [3.63, 3.8) is 0 Å². The summed E-state index contributed by atoms with van der Waals surface area (Å²) in [6.45, 7) is 6.22. The first kappa shape index (κ1) is 12.9. The summed E-state index contributed by atoms with van der Waals surface area (Å²) in [5, 5.41) is 3.35. The summed E-state index contributed by atoms with van der Waals surface area (Å²) in [5.74, 6) is 1.27. The van der Waals surface area contributed by atoms with Crippen LogP contribution in [0.5, 0.6) is 0 Å². The van der Waals surface area contributed by atoms with Crippen LogP contribution in [0.15, 0.2) is 0 Å². The lowest BCUT2D eigenvalue weighted by Crippen LogP contribution is -2.55. The average molecular weight is 265 g/mol. The Morgan fingerprint density at radius 1 is 1.32 bits per heavy atom. The van der Waals surface area contributed by atoms with Crippen LogP contribution in [0.3, 0.4) is 0 Å². The van der Waals surface area contributed by atoms with Gasteiger partial charge in [0.15, 0.2) is 0 Å². The van der Waals surface area contributed by atoms with Gasteiger partial charge in [0.2, 0.25) is 11.8 Å². The van der Waals surface area contributed by atoms with E-state index in [2.05, 4.69) is 12.2 Å². The molecule has 0 spiro atoms. The molecule has 19 heavy (non-hydrogen) atoms. The fourth-order valence-electron chi connectivity index (χ4n) is 3.67. The molecule has 0 aromatic heterocycles. The van der Waals surface area contributed by atoms with Crippen LogP contribution in [0.4, 0.5) is 0 Å². The predicted molar refractivity (Wildman–Crippen MR) is 71.5 cm³/mol. The largest absolute Gasteiger partial charge is 0.339 e. The minimum Gasteiger partial charge on any atom is -0.339 e. The molecule has 3 fully saturated rings. The van der Waals surface area contributed by atoms with Crippen molar-refractivity contribution in [3.8, 4) is 0 Å². The van der Waals surface area contributed by atoms with Crippen molar-refractivity contribution >= 4 is 11.8 Å². The van der Waals surface area contributed by atoms with Crippen LogP contribution in [0.2, 0.25) is 0 Å². The summed E-state index contributed by atoms with van der Waals surface area (Å²) < 4.78 is 0. The van der Waals surface area contributed by atoms with Gasteiger partial charge >= 0.3 is 0 Å². The zero-order valence-corrected chi connectivity index (χ0v) is 11.6. The second-order valence-electron chi connectivity index (χ2n) is 6.26. The summed E-state index contributed by atoms with van der Waals surface area (Å²) >= 11 is 0. The molecule has 1 N–H and O–H groups in total. The lowest BCUT2D eigenvalue weighted by Gasteiger charge is -2.40. The number of fused-ring (bicyclic) bond motifs is 1. The molecule has 3 atom stereocenters. The van der Waals surface area contributed by atoms with Crippen LogP contribution < -0.4 is 5.32 Å². The second kappa shape index (κ2) is 5.12. The van der Waals surface area contributed by atoms with Crippen LogP contribution in [-0.4, -0.2) is 60.4 Å². The number of piperidine rings is 1. The monoisotopic (exact) mass is 265 g/mol. The molecule has 5 nitrogen and oxygen atoms in total. The number of rotatable bonds is 1. The van der Waals surface area contributed by atoms with Crippen LogP contribution >= 0.6 is 0 Å². The van der Waals surface area contributed by atoms with Gasteiger partial charge in [-0.25, -0.2) is 0 Å². The zero-order chi connectivity index (χ0) is 13.4. The number of hydrogen-bond acceptors (Lipinski definition) is 3. The molecule has 3 heterocycles. The summed E-state index contributed by atoms with van der Waals surface area (Å²) in [6, 6.07) is 0.277. The van der Waals surface area contributed by atoms with Gasteiger partial charge in [0.25, 0.3) is 0 Å². The van der Waals surface area contributed by atoms with Gasteiger partial charge in [-0.05, 0) is 25.3 Å². The van der Waals surface area contributed by atoms with Crippen molar-refractivity contribution < 1.29 is 9.59 Å². The molecule has 0 saturated carbocycles. The van der Waals surface area contributed by atoms with E-state index in [4.69, 9.17) is 0 Å². The first-order valence-electron chi connectivity index (χ1n) is 7.44. The number of amides is 2. The Hall–Kier alpha value is -1.10. The molecular formula is C14H23N3O2. The highest BCUT2D eigenvalue weighted by Gasteiger charge is 2.38. The van der Waals surface area contributed by atoms with E-state index in [1.54, 1.807) is 0 Å². The fourth-order valence-corrected chi connectivity index (χ4v) is 3.67. The molecule has 0 aliphatic carbocycles. The Kier molecular flexibility index (Phi) is 3.48. The molecule has 0 aromatic rings. The Labute approximate surface area is 114 Å². The summed E-state index contributed by atoms with van der Waals surface area (Å²) in [7, 11) is 0. The molecule has 3 rings (SSSR count). The molecule has 3 aliphatic heterocycles. The molecule has 3 aliphatic rings. The highest BCUT2D eigenvalue weighted by Crippen LogP contribution is 2.25. The number of nitrogens with zero attached hydrogens (tertiary/aromatic N) is 2. The SMILES string of the molecule is CC1CNCC(C(=O)N2CCN3C(=O)CCC3C2)C1. The van der Waals surface area contributed by atoms with Crippen molar-refractivity contribution in [1.82, 2.24) is 15.1 Å². The van der Waals surface area contributed by atoms with Crippen LogP contribution in [0.1, 0.15) is 26.2 Å². The van der Waals surface area contributed by atoms with E-state index < -0.39 is 0 Å². The Bertz CT molecular complexity index is 385. The molecule has 2 amide bonds. The minimum absolute atomic E-state index is 0.132. The average Bonchev–Trinajstić information content (AvgIpc) is 2.79. The lowest BCUT2D eigenvalue weighted by atomic mass is 9.90. The quantitative estimate of drug-likeness (QED) is 0.730. The van der Waals surface area contributed by atoms with Crippen LogP contribution in [0, 0.1) is 11.8 Å². The van der Waals surface area contributed by atoms with E-state index >= 15 is 0 Å². The molecule has 0 radical (unpaired) electrons. The van der Waals surface area contributed by atoms with Crippen molar-refractivity contribution in [1.29, 1.82) is 0 Å². The smallest absolute Gasteiger partial charge is 0.227 e. The third-order valence-corrected chi connectivity index (χ3v) is 4.73. The van der Waals surface area contributed by atoms with Gasteiger partial charge in [0, 0.05) is 38.6 Å². The minimum atomic E-state index is 0.132. The standard InChI is InChI=1S/C14H23N3O2/c1-10-6-11(8-15-7-10)14(19)16-4-5-17-12(9-16)2-3-13(17)18/h10-12,15H,2-9H2,1H3. The van der Waals surface area contributed by atoms with Gasteiger partial charge in [-0.2, -0.15) is 0 Å². The maximum absolute atomic E-state index is 12.6.